The molecule has 1 nitrogen and oxygen atoms in total. The Balaban J connectivity index is 2.20. The number of methoxy groups -OCH3 is 1. The summed E-state index contributed by atoms with van der Waals surface area (Å²) in [5.41, 5.74) is 2.56. The van der Waals surface area contributed by atoms with Crippen molar-refractivity contribution in [2.45, 2.75) is 6.42 Å². The first-order valence-electron chi connectivity index (χ1n) is 5.15. The van der Waals surface area contributed by atoms with Crippen molar-refractivity contribution in [1.29, 1.82) is 0 Å². The Hall–Kier alpha value is -1.28. The molecule has 0 aliphatic carbocycles. The Morgan fingerprint density at radius 3 is 2.38 bits per heavy atom. The van der Waals surface area contributed by atoms with E-state index in [-0.39, 0.29) is 0 Å². The van der Waals surface area contributed by atoms with Crippen molar-refractivity contribution >= 4 is 15.9 Å². The van der Waals surface area contributed by atoms with E-state index in [2.05, 4.69) is 46.3 Å². The molecule has 2 aromatic carbocycles. The summed E-state index contributed by atoms with van der Waals surface area (Å²) in [6.07, 6.45) is 0.927. The maximum Gasteiger partial charge on any atom is 0.119 e. The molecule has 82 valence electrons. The number of benzene rings is 2. The van der Waals surface area contributed by atoms with E-state index in [9.17, 15) is 0 Å². The Bertz CT molecular complexity index is 480. The standard InChI is InChI=1S/C14H13BrO/c1-16-14-7-3-5-12(10-14)8-11-4-2-6-13(15)9-11/h2-7,9-10H,8H2,1H3. The van der Waals surface area contributed by atoms with Gasteiger partial charge in [0.2, 0.25) is 0 Å². The van der Waals surface area contributed by atoms with Crippen LogP contribution in [0.2, 0.25) is 0 Å². The van der Waals surface area contributed by atoms with Crippen LogP contribution in [0, 0.1) is 0 Å². The molecule has 0 saturated heterocycles. The minimum Gasteiger partial charge on any atom is -0.497 e. The average molecular weight is 277 g/mol. The van der Waals surface area contributed by atoms with Gasteiger partial charge < -0.3 is 4.74 Å². The molecule has 2 heteroatoms. The zero-order valence-corrected chi connectivity index (χ0v) is 10.7. The number of ether oxygens (including phenoxy) is 1. The molecular weight excluding hydrogens is 264 g/mol. The van der Waals surface area contributed by atoms with E-state index in [1.807, 2.05) is 18.2 Å². The summed E-state index contributed by atoms with van der Waals surface area (Å²) in [5, 5.41) is 0. The molecule has 0 spiro atoms. The van der Waals surface area contributed by atoms with Crippen molar-refractivity contribution in [1.82, 2.24) is 0 Å². The molecule has 16 heavy (non-hydrogen) atoms. The lowest BCUT2D eigenvalue weighted by Crippen LogP contribution is -1.89. The van der Waals surface area contributed by atoms with Crippen molar-refractivity contribution in [2.75, 3.05) is 7.11 Å². The van der Waals surface area contributed by atoms with Gasteiger partial charge in [-0.3, -0.25) is 0 Å². The fraction of sp³-hybridized carbons (Fsp3) is 0.143. The van der Waals surface area contributed by atoms with Gasteiger partial charge in [-0.2, -0.15) is 0 Å². The van der Waals surface area contributed by atoms with Gasteiger partial charge in [0.05, 0.1) is 7.11 Å². The Morgan fingerprint density at radius 2 is 1.69 bits per heavy atom. The fourth-order valence-corrected chi connectivity index (χ4v) is 2.11. The first kappa shape index (κ1) is 11.2. The molecule has 0 heterocycles. The first-order valence-corrected chi connectivity index (χ1v) is 5.94. The highest BCUT2D eigenvalue weighted by Crippen LogP contribution is 2.18. The monoisotopic (exact) mass is 276 g/mol. The molecule has 0 aliphatic rings. The number of rotatable bonds is 3. The average Bonchev–Trinajstić information content (AvgIpc) is 2.29. The van der Waals surface area contributed by atoms with Crippen LogP contribution in [-0.4, -0.2) is 7.11 Å². The third-order valence-electron chi connectivity index (χ3n) is 2.43. The number of hydrogen-bond donors (Lipinski definition) is 0. The molecule has 0 radical (unpaired) electrons. The van der Waals surface area contributed by atoms with Gasteiger partial charge in [-0.25, -0.2) is 0 Å². The van der Waals surface area contributed by atoms with Crippen LogP contribution in [0.4, 0.5) is 0 Å². The topological polar surface area (TPSA) is 9.23 Å². The van der Waals surface area contributed by atoms with Crippen molar-refractivity contribution in [2.24, 2.45) is 0 Å². The number of halogens is 1. The predicted molar refractivity (Wildman–Crippen MR) is 69.9 cm³/mol. The molecule has 0 N–H and O–H groups in total. The normalized spacial score (nSPS) is 10.1. The fourth-order valence-electron chi connectivity index (χ4n) is 1.67. The quantitative estimate of drug-likeness (QED) is 0.822. The van der Waals surface area contributed by atoms with Gasteiger partial charge in [0.25, 0.3) is 0 Å². The van der Waals surface area contributed by atoms with Crippen LogP contribution in [0.3, 0.4) is 0 Å². The molecule has 0 bridgehead atoms. The van der Waals surface area contributed by atoms with E-state index in [1.54, 1.807) is 7.11 Å². The highest BCUT2D eigenvalue weighted by atomic mass is 79.9. The van der Waals surface area contributed by atoms with Crippen LogP contribution >= 0.6 is 15.9 Å². The highest BCUT2D eigenvalue weighted by molar-refractivity contribution is 9.10. The summed E-state index contributed by atoms with van der Waals surface area (Å²) < 4.78 is 6.33. The van der Waals surface area contributed by atoms with Crippen molar-refractivity contribution < 1.29 is 4.74 Å². The molecule has 0 aliphatic heterocycles. The molecule has 0 aromatic heterocycles. The number of hydrogen-bond acceptors (Lipinski definition) is 1. The summed E-state index contributed by atoms with van der Waals surface area (Å²) in [4.78, 5) is 0. The second kappa shape index (κ2) is 5.17. The van der Waals surface area contributed by atoms with Crippen molar-refractivity contribution in [3.05, 3.63) is 64.1 Å². The van der Waals surface area contributed by atoms with E-state index < -0.39 is 0 Å². The largest absolute Gasteiger partial charge is 0.497 e. The highest BCUT2D eigenvalue weighted by Gasteiger charge is 1.98. The zero-order chi connectivity index (χ0) is 11.4. The van der Waals surface area contributed by atoms with Crippen molar-refractivity contribution in [3.63, 3.8) is 0 Å². The van der Waals surface area contributed by atoms with Crippen LogP contribution in [-0.2, 0) is 6.42 Å². The van der Waals surface area contributed by atoms with Gasteiger partial charge in [0.15, 0.2) is 0 Å². The van der Waals surface area contributed by atoms with E-state index in [0.29, 0.717) is 0 Å². The molecule has 0 unspecified atom stereocenters. The lowest BCUT2D eigenvalue weighted by atomic mass is 10.1. The first-order chi connectivity index (χ1) is 7.78. The molecule has 2 aromatic rings. The van der Waals surface area contributed by atoms with Gasteiger partial charge >= 0.3 is 0 Å². The van der Waals surface area contributed by atoms with E-state index in [4.69, 9.17) is 4.74 Å². The minimum atomic E-state index is 0.910. The van der Waals surface area contributed by atoms with Gasteiger partial charge in [0.1, 0.15) is 5.75 Å². The van der Waals surface area contributed by atoms with Crippen LogP contribution in [0.25, 0.3) is 0 Å². The van der Waals surface area contributed by atoms with Gasteiger partial charge in [-0.05, 0) is 41.8 Å². The van der Waals surface area contributed by atoms with Crippen molar-refractivity contribution in [3.8, 4) is 5.75 Å². The van der Waals surface area contributed by atoms with Crippen LogP contribution < -0.4 is 4.74 Å². The third-order valence-corrected chi connectivity index (χ3v) is 2.92. The summed E-state index contributed by atoms with van der Waals surface area (Å²) in [5.74, 6) is 0.910. The van der Waals surface area contributed by atoms with Gasteiger partial charge in [-0.15, -0.1) is 0 Å². The van der Waals surface area contributed by atoms with Gasteiger partial charge in [-0.1, -0.05) is 40.2 Å². The predicted octanol–water partition coefficient (Wildman–Crippen LogP) is 4.05. The Morgan fingerprint density at radius 1 is 1.00 bits per heavy atom. The molecule has 2 rings (SSSR count). The van der Waals surface area contributed by atoms with E-state index in [1.165, 1.54) is 11.1 Å². The minimum absolute atomic E-state index is 0.910. The summed E-state index contributed by atoms with van der Waals surface area (Å²) in [6, 6.07) is 16.5. The lowest BCUT2D eigenvalue weighted by molar-refractivity contribution is 0.414. The van der Waals surface area contributed by atoms with E-state index >= 15 is 0 Å². The second-order valence-electron chi connectivity index (χ2n) is 3.66. The molecule has 0 amide bonds. The lowest BCUT2D eigenvalue weighted by Gasteiger charge is -2.05. The molecule has 0 saturated carbocycles. The summed E-state index contributed by atoms with van der Waals surface area (Å²) >= 11 is 3.48. The zero-order valence-electron chi connectivity index (χ0n) is 9.11. The van der Waals surface area contributed by atoms with E-state index in [0.717, 1.165) is 16.6 Å². The second-order valence-corrected chi connectivity index (χ2v) is 4.57. The molecule has 0 atom stereocenters. The maximum atomic E-state index is 5.21. The van der Waals surface area contributed by atoms with Gasteiger partial charge in [0, 0.05) is 4.47 Å². The smallest absolute Gasteiger partial charge is 0.119 e. The Labute approximate surface area is 104 Å². The summed E-state index contributed by atoms with van der Waals surface area (Å²) in [7, 11) is 1.69. The van der Waals surface area contributed by atoms with Crippen LogP contribution in [0.1, 0.15) is 11.1 Å². The van der Waals surface area contributed by atoms with Crippen LogP contribution in [0.5, 0.6) is 5.75 Å². The Kier molecular flexibility index (Phi) is 3.62. The molecular formula is C14H13BrO. The summed E-state index contributed by atoms with van der Waals surface area (Å²) in [6.45, 7) is 0. The molecule has 0 fully saturated rings. The maximum absolute atomic E-state index is 5.21. The van der Waals surface area contributed by atoms with Crippen LogP contribution in [0.15, 0.2) is 53.0 Å². The third kappa shape index (κ3) is 2.86. The SMILES string of the molecule is COc1cccc(Cc2cccc(Br)c2)c1.